The Balaban J connectivity index is 1.89. The van der Waals surface area contributed by atoms with E-state index in [0.717, 1.165) is 37.8 Å². The molecule has 1 fully saturated rings. The smallest absolute Gasteiger partial charge is 0.230 e. The van der Waals surface area contributed by atoms with Gasteiger partial charge in [-0.25, -0.2) is 0 Å². The van der Waals surface area contributed by atoms with E-state index in [2.05, 4.69) is 27.5 Å². The Morgan fingerprint density at radius 1 is 1.47 bits per heavy atom. The standard InChI is InChI=1S/C10H18N4O/c1-3-9-12-13-10(15-9)7-14(2)8-4-5-11-6-8/h8,11H,3-7H2,1-2H3. The fourth-order valence-corrected chi connectivity index (χ4v) is 1.85. The van der Waals surface area contributed by atoms with Gasteiger partial charge in [-0.05, 0) is 20.0 Å². The first-order valence-corrected chi connectivity index (χ1v) is 5.51. The number of aryl methyl sites for hydroxylation is 1. The van der Waals surface area contributed by atoms with Crippen LogP contribution in [0.3, 0.4) is 0 Å². The van der Waals surface area contributed by atoms with Gasteiger partial charge in [-0.15, -0.1) is 10.2 Å². The van der Waals surface area contributed by atoms with Crippen molar-refractivity contribution in [1.29, 1.82) is 0 Å². The van der Waals surface area contributed by atoms with Crippen molar-refractivity contribution in [2.45, 2.75) is 32.4 Å². The Morgan fingerprint density at radius 2 is 2.27 bits per heavy atom. The molecule has 15 heavy (non-hydrogen) atoms. The molecule has 5 nitrogen and oxygen atoms in total. The summed E-state index contributed by atoms with van der Waals surface area (Å²) in [7, 11) is 2.10. The van der Waals surface area contributed by atoms with E-state index in [4.69, 9.17) is 4.42 Å². The van der Waals surface area contributed by atoms with Crippen LogP contribution in [0.5, 0.6) is 0 Å². The minimum absolute atomic E-state index is 0.599. The Morgan fingerprint density at radius 3 is 2.87 bits per heavy atom. The molecule has 0 bridgehead atoms. The highest BCUT2D eigenvalue weighted by atomic mass is 16.4. The highest BCUT2D eigenvalue weighted by molar-refractivity contribution is 4.85. The van der Waals surface area contributed by atoms with Crippen molar-refractivity contribution in [3.05, 3.63) is 11.8 Å². The number of nitrogens with one attached hydrogen (secondary N) is 1. The third kappa shape index (κ3) is 2.54. The van der Waals surface area contributed by atoms with Gasteiger partial charge < -0.3 is 9.73 Å². The summed E-state index contributed by atoms with van der Waals surface area (Å²) >= 11 is 0. The van der Waals surface area contributed by atoms with Gasteiger partial charge in [0.1, 0.15) is 0 Å². The Bertz CT molecular complexity index is 306. The lowest BCUT2D eigenvalue weighted by Gasteiger charge is -2.21. The number of aromatic nitrogens is 2. The second-order valence-corrected chi connectivity index (χ2v) is 4.00. The molecule has 0 aromatic carbocycles. The van der Waals surface area contributed by atoms with Crippen molar-refractivity contribution in [3.63, 3.8) is 0 Å². The SMILES string of the molecule is CCc1nnc(CN(C)C2CCNC2)o1. The highest BCUT2D eigenvalue weighted by Gasteiger charge is 2.20. The van der Waals surface area contributed by atoms with Gasteiger partial charge in [0.05, 0.1) is 6.54 Å². The Hall–Kier alpha value is -0.940. The number of rotatable bonds is 4. The zero-order valence-electron chi connectivity index (χ0n) is 9.36. The molecule has 1 atom stereocenters. The van der Waals surface area contributed by atoms with Gasteiger partial charge in [0.25, 0.3) is 0 Å². The summed E-state index contributed by atoms with van der Waals surface area (Å²) < 4.78 is 5.48. The number of hydrogen-bond acceptors (Lipinski definition) is 5. The molecule has 0 spiro atoms. The summed E-state index contributed by atoms with van der Waals surface area (Å²) in [5, 5.41) is 11.3. The van der Waals surface area contributed by atoms with Crippen LogP contribution in [0.1, 0.15) is 25.1 Å². The summed E-state index contributed by atoms with van der Waals surface area (Å²) in [5.41, 5.74) is 0. The largest absolute Gasteiger partial charge is 0.424 e. The maximum absolute atomic E-state index is 5.48. The number of likely N-dealkylation sites (N-methyl/N-ethyl adjacent to an activating group) is 1. The van der Waals surface area contributed by atoms with E-state index in [1.165, 1.54) is 6.42 Å². The van der Waals surface area contributed by atoms with Crippen LogP contribution in [-0.2, 0) is 13.0 Å². The second kappa shape index (κ2) is 4.72. The molecule has 5 heteroatoms. The average molecular weight is 210 g/mol. The van der Waals surface area contributed by atoms with Crippen molar-refractivity contribution in [1.82, 2.24) is 20.4 Å². The van der Waals surface area contributed by atoms with Gasteiger partial charge in [-0.3, -0.25) is 4.90 Å². The van der Waals surface area contributed by atoms with Crippen LogP contribution in [0.25, 0.3) is 0 Å². The van der Waals surface area contributed by atoms with Gasteiger partial charge >= 0.3 is 0 Å². The van der Waals surface area contributed by atoms with E-state index < -0.39 is 0 Å². The first-order chi connectivity index (χ1) is 7.29. The van der Waals surface area contributed by atoms with E-state index in [1.54, 1.807) is 0 Å². The molecule has 0 amide bonds. The van der Waals surface area contributed by atoms with Gasteiger partial charge in [-0.1, -0.05) is 6.92 Å². The van der Waals surface area contributed by atoms with Crippen molar-refractivity contribution in [2.24, 2.45) is 0 Å². The lowest BCUT2D eigenvalue weighted by atomic mass is 10.2. The maximum atomic E-state index is 5.48. The predicted molar refractivity (Wildman–Crippen MR) is 56.4 cm³/mol. The molecule has 1 aliphatic rings. The quantitative estimate of drug-likeness (QED) is 0.781. The normalized spacial score (nSPS) is 21.4. The Labute approximate surface area is 89.9 Å². The molecule has 2 heterocycles. The lowest BCUT2D eigenvalue weighted by molar-refractivity contribution is 0.223. The molecule has 0 saturated carbocycles. The van der Waals surface area contributed by atoms with Crippen LogP contribution < -0.4 is 5.32 Å². The van der Waals surface area contributed by atoms with Crippen molar-refractivity contribution in [2.75, 3.05) is 20.1 Å². The molecule has 84 valence electrons. The van der Waals surface area contributed by atoms with E-state index in [-0.39, 0.29) is 0 Å². The predicted octanol–water partition coefficient (Wildman–Crippen LogP) is 0.426. The molecular formula is C10H18N4O. The molecule has 0 radical (unpaired) electrons. The molecule has 0 aliphatic carbocycles. The van der Waals surface area contributed by atoms with E-state index >= 15 is 0 Å². The van der Waals surface area contributed by atoms with Crippen molar-refractivity contribution in [3.8, 4) is 0 Å². The molecule has 1 aromatic rings. The van der Waals surface area contributed by atoms with Gasteiger partial charge in [0.15, 0.2) is 0 Å². The van der Waals surface area contributed by atoms with Crippen LogP contribution in [0.4, 0.5) is 0 Å². The highest BCUT2D eigenvalue weighted by Crippen LogP contribution is 2.10. The van der Waals surface area contributed by atoms with E-state index in [9.17, 15) is 0 Å². The van der Waals surface area contributed by atoms with Gasteiger partial charge in [0.2, 0.25) is 11.8 Å². The van der Waals surface area contributed by atoms with Gasteiger partial charge in [0, 0.05) is 19.0 Å². The first kappa shape index (κ1) is 10.6. The molecule has 1 aromatic heterocycles. The van der Waals surface area contributed by atoms with E-state index in [1.807, 2.05) is 6.92 Å². The lowest BCUT2D eigenvalue weighted by Crippen LogP contribution is -2.32. The number of nitrogens with zero attached hydrogens (tertiary/aromatic N) is 3. The van der Waals surface area contributed by atoms with Gasteiger partial charge in [-0.2, -0.15) is 0 Å². The molecule has 1 saturated heterocycles. The third-order valence-corrected chi connectivity index (χ3v) is 2.85. The minimum Gasteiger partial charge on any atom is -0.424 e. The van der Waals surface area contributed by atoms with Crippen LogP contribution in [0.2, 0.25) is 0 Å². The summed E-state index contributed by atoms with van der Waals surface area (Å²) in [6, 6.07) is 0.599. The average Bonchev–Trinajstić information content (AvgIpc) is 2.87. The zero-order valence-corrected chi connectivity index (χ0v) is 9.36. The second-order valence-electron chi connectivity index (χ2n) is 4.00. The fourth-order valence-electron chi connectivity index (χ4n) is 1.85. The summed E-state index contributed by atoms with van der Waals surface area (Å²) in [6.45, 7) is 4.94. The first-order valence-electron chi connectivity index (χ1n) is 5.51. The van der Waals surface area contributed by atoms with Crippen molar-refractivity contribution >= 4 is 0 Å². The monoisotopic (exact) mass is 210 g/mol. The third-order valence-electron chi connectivity index (χ3n) is 2.85. The summed E-state index contributed by atoms with van der Waals surface area (Å²) in [4.78, 5) is 2.27. The molecular weight excluding hydrogens is 192 g/mol. The molecule has 1 N–H and O–H groups in total. The molecule has 1 unspecified atom stereocenters. The fraction of sp³-hybridized carbons (Fsp3) is 0.800. The van der Waals surface area contributed by atoms with Crippen LogP contribution in [-0.4, -0.2) is 41.3 Å². The van der Waals surface area contributed by atoms with Crippen LogP contribution in [0.15, 0.2) is 4.42 Å². The van der Waals surface area contributed by atoms with E-state index in [0.29, 0.717) is 6.04 Å². The zero-order chi connectivity index (χ0) is 10.7. The topological polar surface area (TPSA) is 54.2 Å². The number of hydrogen-bond donors (Lipinski definition) is 1. The van der Waals surface area contributed by atoms with Crippen LogP contribution in [0, 0.1) is 0 Å². The van der Waals surface area contributed by atoms with Crippen LogP contribution >= 0.6 is 0 Å². The summed E-state index contributed by atoms with van der Waals surface area (Å²) in [6.07, 6.45) is 2.01. The summed E-state index contributed by atoms with van der Waals surface area (Å²) in [5.74, 6) is 1.45. The minimum atomic E-state index is 0.599. The molecule has 2 rings (SSSR count). The van der Waals surface area contributed by atoms with Crippen molar-refractivity contribution < 1.29 is 4.42 Å². The Kier molecular flexibility index (Phi) is 3.33. The molecule has 1 aliphatic heterocycles. The maximum Gasteiger partial charge on any atom is 0.230 e.